The zero-order valence-corrected chi connectivity index (χ0v) is 49.5. The maximum Gasteiger partial charge on any atom is 0.264 e. The van der Waals surface area contributed by atoms with Gasteiger partial charge in [0.05, 0.1) is 11.4 Å². The molecule has 0 fully saturated rings. The molecule has 2 nitrogen and oxygen atoms in total. The highest BCUT2D eigenvalue weighted by Crippen LogP contribution is 2.52. The van der Waals surface area contributed by atoms with Crippen molar-refractivity contribution in [1.82, 2.24) is 0 Å². The Kier molecular flexibility index (Phi) is 11.8. The zero-order chi connectivity index (χ0) is 55.9. The van der Waals surface area contributed by atoms with E-state index in [0.29, 0.717) is 0 Å². The van der Waals surface area contributed by atoms with Crippen LogP contribution in [0, 0.1) is 13.8 Å². The normalized spacial score (nSPS) is 13.3. The Morgan fingerprint density at radius 2 is 0.914 bits per heavy atom. The van der Waals surface area contributed by atoms with Gasteiger partial charge in [0.15, 0.2) is 0 Å². The number of anilines is 6. The molecule has 81 heavy (non-hydrogen) atoms. The first kappa shape index (κ1) is 51.0. The number of aryl methyl sites for hydroxylation is 2. The fraction of sp³-hybridized carbons (Fsp3) is 0.195. The third-order valence-electron chi connectivity index (χ3n) is 18.3. The minimum atomic E-state index is -0.0990. The maximum atomic E-state index is 2.66. The lowest BCUT2D eigenvalue weighted by Gasteiger charge is -2.44. The molecule has 0 unspecified atom stereocenters. The third kappa shape index (κ3) is 8.27. The Balaban J connectivity index is 1.11. The van der Waals surface area contributed by atoms with Crippen molar-refractivity contribution in [2.24, 2.45) is 0 Å². The molecule has 2 aliphatic heterocycles. The summed E-state index contributed by atoms with van der Waals surface area (Å²) >= 11 is 1.98. The molecule has 1 aromatic heterocycles. The second kappa shape index (κ2) is 18.7. The average molecular weight is 1070 g/mol. The quantitative estimate of drug-likeness (QED) is 0.116. The van der Waals surface area contributed by atoms with E-state index < -0.39 is 0 Å². The molecule has 0 atom stereocenters. The number of benzene rings is 11. The standard InChI is InChI=1S/C77H69BN2S/c1-12-77(10,11)52-33-37-55(38-34-52)79-68-22-17-23-69-72(68)78(74-73(79)65-44-54(76(7,8)9)36-41-71(65)81-74)66-45-61(49-28-24-47(2)25-29-49)62(50-30-26-48(3)27-31-50)46-70(66)80(69)67-40-35-53(75(4,5)6)43-63(67)51-32-39-60-58-20-14-13-18-56(58)57-19-15-16-21-59(57)64(60)42-51/h13-46H,12H2,1-11H3. The number of hydrogen-bond acceptors (Lipinski definition) is 3. The highest BCUT2D eigenvalue weighted by molar-refractivity contribution is 7.33. The van der Waals surface area contributed by atoms with E-state index in [0.717, 1.165) is 12.1 Å². The summed E-state index contributed by atoms with van der Waals surface area (Å²) in [6.45, 7) is 25.4. The highest BCUT2D eigenvalue weighted by Gasteiger charge is 2.46. The minimum absolute atomic E-state index is 0.0274. The van der Waals surface area contributed by atoms with Gasteiger partial charge in [0, 0.05) is 43.2 Å². The smallest absolute Gasteiger partial charge is 0.264 e. The summed E-state index contributed by atoms with van der Waals surface area (Å²) in [5.74, 6) is 0. The van der Waals surface area contributed by atoms with E-state index >= 15 is 0 Å². The number of rotatable bonds is 7. The lowest BCUT2D eigenvalue weighted by Crippen LogP contribution is -2.60. The second-order valence-corrected chi connectivity index (χ2v) is 27.0. The van der Waals surface area contributed by atoms with E-state index in [1.54, 1.807) is 0 Å². The Bertz CT molecular complexity index is 4470. The lowest BCUT2D eigenvalue weighted by molar-refractivity contribution is 0.506. The van der Waals surface area contributed by atoms with Crippen LogP contribution >= 0.6 is 11.3 Å². The first-order chi connectivity index (χ1) is 38.9. The molecule has 0 saturated heterocycles. The van der Waals surface area contributed by atoms with Crippen LogP contribution in [0.5, 0.6) is 0 Å². The first-order valence-electron chi connectivity index (χ1n) is 29.2. The van der Waals surface area contributed by atoms with Gasteiger partial charge in [-0.2, -0.15) is 0 Å². The Hall–Kier alpha value is -8.18. The van der Waals surface area contributed by atoms with Crippen molar-refractivity contribution in [2.45, 2.75) is 98.8 Å². The maximum absolute atomic E-state index is 2.66. The van der Waals surface area contributed by atoms with Crippen LogP contribution in [-0.2, 0) is 16.2 Å². The van der Waals surface area contributed by atoms with Gasteiger partial charge in [-0.25, -0.2) is 0 Å². The fourth-order valence-electron chi connectivity index (χ4n) is 13.2. The van der Waals surface area contributed by atoms with Crippen LogP contribution in [0.4, 0.5) is 34.1 Å². The van der Waals surface area contributed by atoms with Gasteiger partial charge >= 0.3 is 0 Å². The summed E-state index contributed by atoms with van der Waals surface area (Å²) in [4.78, 5) is 5.29. The summed E-state index contributed by atoms with van der Waals surface area (Å²) in [5.41, 5.74) is 23.6. The molecule has 0 amide bonds. The zero-order valence-electron chi connectivity index (χ0n) is 48.7. The van der Waals surface area contributed by atoms with Gasteiger partial charge in [0.2, 0.25) is 0 Å². The minimum Gasteiger partial charge on any atom is -0.311 e. The molecule has 14 rings (SSSR count). The summed E-state index contributed by atoms with van der Waals surface area (Å²) < 4.78 is 2.69. The van der Waals surface area contributed by atoms with Gasteiger partial charge in [-0.1, -0.05) is 219 Å². The molecule has 0 N–H and O–H groups in total. The molecule has 11 aromatic carbocycles. The molecular weight excluding hydrogens is 996 g/mol. The summed E-state index contributed by atoms with van der Waals surface area (Å²) in [6, 6.07) is 80.0. The summed E-state index contributed by atoms with van der Waals surface area (Å²) in [6.07, 6.45) is 1.07. The van der Waals surface area contributed by atoms with Crippen molar-refractivity contribution in [3.8, 4) is 33.4 Å². The Morgan fingerprint density at radius 1 is 0.395 bits per heavy atom. The van der Waals surface area contributed by atoms with E-state index in [1.165, 1.54) is 148 Å². The van der Waals surface area contributed by atoms with Crippen molar-refractivity contribution in [2.75, 3.05) is 9.80 Å². The molecule has 396 valence electrons. The van der Waals surface area contributed by atoms with Gasteiger partial charge in [-0.15, -0.1) is 11.3 Å². The third-order valence-corrected chi connectivity index (χ3v) is 19.5. The van der Waals surface area contributed by atoms with E-state index in [4.69, 9.17) is 0 Å². The molecule has 4 heteroatoms. The molecule has 3 heterocycles. The van der Waals surface area contributed by atoms with Crippen LogP contribution in [0.15, 0.2) is 206 Å². The topological polar surface area (TPSA) is 6.48 Å². The highest BCUT2D eigenvalue weighted by atomic mass is 32.1. The van der Waals surface area contributed by atoms with Crippen LogP contribution < -0.4 is 25.5 Å². The van der Waals surface area contributed by atoms with E-state index in [1.807, 2.05) is 11.3 Å². The molecule has 0 spiro atoms. The van der Waals surface area contributed by atoms with Gasteiger partial charge < -0.3 is 9.80 Å². The number of nitrogens with zero attached hydrogens (tertiary/aromatic N) is 2. The molecule has 0 aliphatic carbocycles. The van der Waals surface area contributed by atoms with Crippen molar-refractivity contribution >= 4 is 110 Å². The average Bonchev–Trinajstić information content (AvgIpc) is 3.12. The fourth-order valence-corrected chi connectivity index (χ4v) is 14.5. The van der Waals surface area contributed by atoms with Gasteiger partial charge in [0.25, 0.3) is 6.71 Å². The van der Waals surface area contributed by atoms with Crippen molar-refractivity contribution < 1.29 is 0 Å². The number of hydrogen-bond donors (Lipinski definition) is 0. The Labute approximate surface area is 483 Å². The number of thiophene rings is 1. The van der Waals surface area contributed by atoms with Crippen LogP contribution in [-0.4, -0.2) is 6.71 Å². The van der Waals surface area contributed by atoms with E-state index in [-0.39, 0.29) is 23.0 Å². The van der Waals surface area contributed by atoms with Gasteiger partial charge in [-0.05, 0) is 185 Å². The van der Waals surface area contributed by atoms with Crippen LogP contribution in [0.2, 0.25) is 0 Å². The van der Waals surface area contributed by atoms with E-state index in [9.17, 15) is 0 Å². The summed E-state index contributed by atoms with van der Waals surface area (Å²) in [5, 5.41) is 8.98. The molecule has 0 saturated carbocycles. The second-order valence-electron chi connectivity index (χ2n) is 25.9. The van der Waals surface area contributed by atoms with Crippen molar-refractivity contribution in [3.05, 3.63) is 234 Å². The van der Waals surface area contributed by atoms with Crippen molar-refractivity contribution in [3.63, 3.8) is 0 Å². The predicted molar refractivity (Wildman–Crippen MR) is 355 cm³/mol. The largest absolute Gasteiger partial charge is 0.311 e. The molecule has 0 radical (unpaired) electrons. The molecule has 12 aromatic rings. The SMILES string of the molecule is CCC(C)(C)c1ccc(N2c3cccc4c3B(c3cc(-c5ccc(C)cc5)c(-c5ccc(C)cc5)cc3N4c3ccc(C(C)(C)C)cc3-c3ccc4c5ccccc5c5ccccc5c4c3)c3sc4ccc(C(C)(C)C)cc4c32)cc1. The molecular formula is C77H69BN2S. The lowest BCUT2D eigenvalue weighted by atomic mass is 9.36. The molecule has 2 aliphatic rings. The van der Waals surface area contributed by atoms with Gasteiger partial charge in [0.1, 0.15) is 0 Å². The molecule has 0 bridgehead atoms. The van der Waals surface area contributed by atoms with Crippen LogP contribution in [0.3, 0.4) is 0 Å². The van der Waals surface area contributed by atoms with Crippen LogP contribution in [0.1, 0.15) is 96.6 Å². The van der Waals surface area contributed by atoms with Gasteiger partial charge in [-0.3, -0.25) is 0 Å². The predicted octanol–water partition coefficient (Wildman–Crippen LogP) is 20.3. The van der Waals surface area contributed by atoms with E-state index in [2.05, 4.69) is 292 Å². The Morgan fingerprint density at radius 3 is 1.51 bits per heavy atom. The van der Waals surface area contributed by atoms with Crippen LogP contribution in [0.25, 0.3) is 75.8 Å². The summed E-state index contributed by atoms with van der Waals surface area (Å²) in [7, 11) is 0. The number of fused-ring (bicyclic) bond motifs is 12. The first-order valence-corrected chi connectivity index (χ1v) is 30.0. The monoisotopic (exact) mass is 1060 g/mol. The van der Waals surface area contributed by atoms with Crippen molar-refractivity contribution in [1.29, 1.82) is 0 Å².